The van der Waals surface area contributed by atoms with Gasteiger partial charge in [-0.1, -0.05) is 32.1 Å². The standard InChI is InChI=1S/C18H26N4O/c1-13-16-11-15(12-19-18(16)22(2)21-13)20-17(23)10-6-9-14-7-4-3-5-8-14/h11-12,14H,3-10H2,1-2H3,(H,20,23). The molecule has 1 saturated carbocycles. The maximum absolute atomic E-state index is 12.1. The summed E-state index contributed by atoms with van der Waals surface area (Å²) in [6.45, 7) is 1.96. The van der Waals surface area contributed by atoms with E-state index in [9.17, 15) is 4.79 Å². The van der Waals surface area contributed by atoms with Crippen LogP contribution in [0, 0.1) is 12.8 Å². The van der Waals surface area contributed by atoms with Crippen LogP contribution in [0.1, 0.15) is 57.1 Å². The highest BCUT2D eigenvalue weighted by atomic mass is 16.1. The fourth-order valence-corrected chi connectivity index (χ4v) is 3.63. The lowest BCUT2D eigenvalue weighted by atomic mass is 9.86. The topological polar surface area (TPSA) is 59.8 Å². The fourth-order valence-electron chi connectivity index (χ4n) is 3.63. The third-order valence-electron chi connectivity index (χ3n) is 4.89. The Morgan fingerprint density at radius 3 is 2.91 bits per heavy atom. The van der Waals surface area contributed by atoms with E-state index in [-0.39, 0.29) is 5.91 Å². The van der Waals surface area contributed by atoms with Gasteiger partial charge in [-0.3, -0.25) is 9.48 Å². The number of anilines is 1. The molecule has 5 nitrogen and oxygen atoms in total. The molecular weight excluding hydrogens is 288 g/mol. The van der Waals surface area contributed by atoms with Crippen LogP contribution in [0.15, 0.2) is 12.3 Å². The maximum atomic E-state index is 12.1. The summed E-state index contributed by atoms with van der Waals surface area (Å²) < 4.78 is 1.76. The van der Waals surface area contributed by atoms with E-state index in [1.165, 1.54) is 38.5 Å². The molecule has 1 aliphatic carbocycles. The highest BCUT2D eigenvalue weighted by Gasteiger charge is 2.14. The van der Waals surface area contributed by atoms with Gasteiger partial charge in [-0.2, -0.15) is 5.10 Å². The van der Waals surface area contributed by atoms with Crippen LogP contribution >= 0.6 is 0 Å². The average molecular weight is 314 g/mol. The van der Waals surface area contributed by atoms with E-state index in [4.69, 9.17) is 0 Å². The smallest absolute Gasteiger partial charge is 0.224 e. The number of carbonyl (C=O) groups is 1. The highest BCUT2D eigenvalue weighted by molar-refractivity contribution is 5.93. The molecule has 1 fully saturated rings. The SMILES string of the molecule is Cc1nn(C)c2ncc(NC(=O)CCCC3CCCCC3)cc12. The first-order valence-electron chi connectivity index (χ1n) is 8.72. The molecule has 0 aromatic carbocycles. The van der Waals surface area contributed by atoms with Gasteiger partial charge in [0.1, 0.15) is 0 Å². The van der Waals surface area contributed by atoms with Crippen LogP contribution in [-0.2, 0) is 11.8 Å². The predicted molar refractivity (Wildman–Crippen MR) is 92.3 cm³/mol. The zero-order valence-electron chi connectivity index (χ0n) is 14.1. The molecule has 0 bridgehead atoms. The van der Waals surface area contributed by atoms with Gasteiger partial charge in [0.15, 0.2) is 5.65 Å². The van der Waals surface area contributed by atoms with E-state index in [2.05, 4.69) is 15.4 Å². The molecule has 0 spiro atoms. The number of aromatic nitrogens is 3. The number of aryl methyl sites for hydroxylation is 2. The van der Waals surface area contributed by atoms with Crippen LogP contribution in [0.25, 0.3) is 11.0 Å². The Morgan fingerprint density at radius 2 is 2.13 bits per heavy atom. The molecule has 1 amide bonds. The van der Waals surface area contributed by atoms with Gasteiger partial charge in [0.25, 0.3) is 0 Å². The van der Waals surface area contributed by atoms with Gasteiger partial charge in [-0.15, -0.1) is 0 Å². The summed E-state index contributed by atoms with van der Waals surface area (Å²) in [6.07, 6.45) is 11.3. The number of nitrogens with one attached hydrogen (secondary N) is 1. The Bertz CT molecular complexity index is 686. The minimum Gasteiger partial charge on any atom is -0.325 e. The van der Waals surface area contributed by atoms with Crippen LogP contribution in [0.5, 0.6) is 0 Å². The first-order valence-corrected chi connectivity index (χ1v) is 8.72. The Balaban J connectivity index is 1.52. The zero-order valence-corrected chi connectivity index (χ0v) is 14.1. The van der Waals surface area contributed by atoms with Crippen LogP contribution in [0.4, 0.5) is 5.69 Å². The number of carbonyl (C=O) groups excluding carboxylic acids is 1. The van der Waals surface area contributed by atoms with Crippen molar-refractivity contribution < 1.29 is 4.79 Å². The Kier molecular flexibility index (Phi) is 4.94. The molecule has 23 heavy (non-hydrogen) atoms. The number of nitrogens with zero attached hydrogens (tertiary/aromatic N) is 3. The van der Waals surface area contributed by atoms with E-state index < -0.39 is 0 Å². The van der Waals surface area contributed by atoms with Gasteiger partial charge in [-0.05, 0) is 31.7 Å². The monoisotopic (exact) mass is 314 g/mol. The molecule has 0 radical (unpaired) electrons. The lowest BCUT2D eigenvalue weighted by Gasteiger charge is -2.21. The number of pyridine rings is 1. The minimum absolute atomic E-state index is 0.0866. The summed E-state index contributed by atoms with van der Waals surface area (Å²) in [7, 11) is 1.88. The third-order valence-corrected chi connectivity index (χ3v) is 4.89. The van der Waals surface area contributed by atoms with Crippen molar-refractivity contribution in [2.45, 2.75) is 58.3 Å². The van der Waals surface area contributed by atoms with Crippen molar-refractivity contribution in [2.24, 2.45) is 13.0 Å². The van der Waals surface area contributed by atoms with Crippen molar-refractivity contribution >= 4 is 22.6 Å². The van der Waals surface area contributed by atoms with Crippen molar-refractivity contribution in [1.29, 1.82) is 0 Å². The first-order chi connectivity index (χ1) is 11.1. The van der Waals surface area contributed by atoms with Crippen molar-refractivity contribution in [3.8, 4) is 0 Å². The lowest BCUT2D eigenvalue weighted by molar-refractivity contribution is -0.116. The molecule has 2 heterocycles. The van der Waals surface area contributed by atoms with E-state index in [0.29, 0.717) is 6.42 Å². The van der Waals surface area contributed by atoms with Gasteiger partial charge in [0.2, 0.25) is 5.91 Å². The Labute approximate surface area is 137 Å². The molecular formula is C18H26N4O. The zero-order chi connectivity index (χ0) is 16.2. The van der Waals surface area contributed by atoms with Crippen LogP contribution in [0.3, 0.4) is 0 Å². The normalized spacial score (nSPS) is 15.9. The van der Waals surface area contributed by atoms with Crippen LogP contribution < -0.4 is 5.32 Å². The number of hydrogen-bond donors (Lipinski definition) is 1. The molecule has 0 saturated heterocycles. The quantitative estimate of drug-likeness (QED) is 0.908. The number of hydrogen-bond acceptors (Lipinski definition) is 3. The van der Waals surface area contributed by atoms with E-state index in [1.54, 1.807) is 10.9 Å². The second-order valence-corrected chi connectivity index (χ2v) is 6.75. The summed E-state index contributed by atoms with van der Waals surface area (Å²) in [5, 5.41) is 8.32. The van der Waals surface area contributed by atoms with E-state index in [1.807, 2.05) is 20.0 Å². The van der Waals surface area contributed by atoms with E-state index >= 15 is 0 Å². The summed E-state index contributed by atoms with van der Waals surface area (Å²) in [5.74, 6) is 0.927. The van der Waals surface area contributed by atoms with Gasteiger partial charge < -0.3 is 5.32 Å². The number of rotatable bonds is 5. The molecule has 124 valence electrons. The van der Waals surface area contributed by atoms with Crippen molar-refractivity contribution in [1.82, 2.24) is 14.8 Å². The summed E-state index contributed by atoms with van der Waals surface area (Å²) in [5.41, 5.74) is 2.54. The van der Waals surface area contributed by atoms with Crippen molar-refractivity contribution in [3.63, 3.8) is 0 Å². The maximum Gasteiger partial charge on any atom is 0.224 e. The Morgan fingerprint density at radius 1 is 1.35 bits per heavy atom. The molecule has 2 aromatic heterocycles. The van der Waals surface area contributed by atoms with Crippen LogP contribution in [-0.4, -0.2) is 20.7 Å². The second-order valence-electron chi connectivity index (χ2n) is 6.75. The molecule has 0 atom stereocenters. The van der Waals surface area contributed by atoms with Gasteiger partial charge in [0.05, 0.1) is 17.6 Å². The summed E-state index contributed by atoms with van der Waals surface area (Å²) in [6, 6.07) is 1.96. The molecule has 5 heteroatoms. The highest BCUT2D eigenvalue weighted by Crippen LogP contribution is 2.27. The second kappa shape index (κ2) is 7.11. The minimum atomic E-state index is 0.0866. The molecule has 0 aliphatic heterocycles. The predicted octanol–water partition coefficient (Wildman–Crippen LogP) is 3.97. The summed E-state index contributed by atoms with van der Waals surface area (Å²) >= 11 is 0. The van der Waals surface area contributed by atoms with Gasteiger partial charge in [-0.25, -0.2) is 4.98 Å². The molecule has 2 aromatic rings. The third kappa shape index (κ3) is 3.89. The van der Waals surface area contributed by atoms with Gasteiger partial charge >= 0.3 is 0 Å². The molecule has 1 aliphatic rings. The van der Waals surface area contributed by atoms with Crippen LogP contribution in [0.2, 0.25) is 0 Å². The average Bonchev–Trinajstić information content (AvgIpc) is 2.83. The van der Waals surface area contributed by atoms with Crippen molar-refractivity contribution in [2.75, 3.05) is 5.32 Å². The number of fused-ring (bicyclic) bond motifs is 1. The first kappa shape index (κ1) is 16.0. The molecule has 3 rings (SSSR count). The largest absolute Gasteiger partial charge is 0.325 e. The van der Waals surface area contributed by atoms with Gasteiger partial charge in [0, 0.05) is 18.9 Å². The van der Waals surface area contributed by atoms with E-state index in [0.717, 1.165) is 34.8 Å². The Hall–Kier alpha value is -1.91. The fraction of sp³-hybridized carbons (Fsp3) is 0.611. The molecule has 1 N–H and O–H groups in total. The molecule has 0 unspecified atom stereocenters. The lowest BCUT2D eigenvalue weighted by Crippen LogP contribution is -2.13. The summed E-state index contributed by atoms with van der Waals surface area (Å²) in [4.78, 5) is 16.5. The number of amides is 1. The van der Waals surface area contributed by atoms with Crippen molar-refractivity contribution in [3.05, 3.63) is 18.0 Å².